The van der Waals surface area contributed by atoms with Crippen molar-refractivity contribution in [2.45, 2.75) is 52.2 Å². The van der Waals surface area contributed by atoms with E-state index in [1.807, 2.05) is 32.0 Å². The van der Waals surface area contributed by atoms with Gasteiger partial charge < -0.3 is 13.9 Å². The lowest BCUT2D eigenvalue weighted by Crippen LogP contribution is -2.23. The smallest absolute Gasteiger partial charge is 0.347 e. The van der Waals surface area contributed by atoms with Crippen LogP contribution in [0.2, 0.25) is 0 Å². The SMILES string of the molecule is Cc1ccc2c(C)c(CCC(=O)O[C@H]3C[C@H](C)OC3=O)c(=O)oc2c1. The number of fused-ring (bicyclic) bond motifs is 1. The van der Waals surface area contributed by atoms with Crippen LogP contribution in [0, 0.1) is 13.8 Å². The van der Waals surface area contributed by atoms with Crippen LogP contribution >= 0.6 is 0 Å². The van der Waals surface area contributed by atoms with E-state index in [0.717, 1.165) is 16.5 Å². The second kappa shape index (κ2) is 6.70. The third kappa shape index (κ3) is 3.57. The number of carbonyl (C=O) groups excluding carboxylic acids is 2. The standard InChI is InChI=1S/C19H20O6/c1-10-4-5-13-12(3)14(18(21)25-15(13)8-10)6-7-17(20)24-16-9-11(2)23-19(16)22/h4-5,8,11,16H,6-7,9H2,1-3H3/t11-,16-/m0/s1. The molecule has 0 N–H and O–H groups in total. The van der Waals surface area contributed by atoms with Crippen molar-refractivity contribution >= 4 is 22.9 Å². The fraction of sp³-hybridized carbons (Fsp3) is 0.421. The van der Waals surface area contributed by atoms with Crippen molar-refractivity contribution in [3.63, 3.8) is 0 Å². The van der Waals surface area contributed by atoms with E-state index >= 15 is 0 Å². The lowest BCUT2D eigenvalue weighted by molar-refractivity contribution is -0.160. The van der Waals surface area contributed by atoms with E-state index in [9.17, 15) is 14.4 Å². The second-order valence-electron chi connectivity index (χ2n) is 6.45. The summed E-state index contributed by atoms with van der Waals surface area (Å²) < 4.78 is 15.5. The number of rotatable bonds is 4. The highest BCUT2D eigenvalue weighted by atomic mass is 16.6. The maximum atomic E-state index is 12.2. The summed E-state index contributed by atoms with van der Waals surface area (Å²) in [7, 11) is 0. The van der Waals surface area contributed by atoms with Crippen molar-refractivity contribution in [2.24, 2.45) is 0 Å². The monoisotopic (exact) mass is 344 g/mol. The highest BCUT2D eigenvalue weighted by molar-refractivity contribution is 5.82. The zero-order valence-electron chi connectivity index (χ0n) is 14.5. The molecule has 25 heavy (non-hydrogen) atoms. The average Bonchev–Trinajstić information content (AvgIpc) is 2.84. The maximum absolute atomic E-state index is 12.2. The molecule has 0 aliphatic carbocycles. The normalized spacial score (nSPS) is 19.9. The van der Waals surface area contributed by atoms with Crippen LogP contribution in [-0.2, 0) is 25.5 Å². The number of aryl methyl sites for hydroxylation is 2. The highest BCUT2D eigenvalue weighted by Gasteiger charge is 2.34. The number of hydrogen-bond acceptors (Lipinski definition) is 6. The highest BCUT2D eigenvalue weighted by Crippen LogP contribution is 2.22. The number of ether oxygens (including phenoxy) is 2. The Kier molecular flexibility index (Phi) is 4.61. The minimum absolute atomic E-state index is 0.00112. The van der Waals surface area contributed by atoms with E-state index in [1.165, 1.54) is 0 Å². The zero-order chi connectivity index (χ0) is 18.1. The molecule has 2 heterocycles. The Hall–Kier alpha value is -2.63. The molecule has 0 spiro atoms. The Labute approximate surface area is 144 Å². The molecule has 0 amide bonds. The summed E-state index contributed by atoms with van der Waals surface area (Å²) in [4.78, 5) is 35.7. The van der Waals surface area contributed by atoms with E-state index < -0.39 is 23.7 Å². The van der Waals surface area contributed by atoms with E-state index in [4.69, 9.17) is 13.9 Å². The first kappa shape index (κ1) is 17.2. The molecule has 1 saturated heterocycles. The lowest BCUT2D eigenvalue weighted by Gasteiger charge is -2.10. The Bertz CT molecular complexity index is 895. The zero-order valence-corrected chi connectivity index (χ0v) is 14.5. The van der Waals surface area contributed by atoms with Gasteiger partial charge in [-0.1, -0.05) is 12.1 Å². The minimum atomic E-state index is -0.848. The van der Waals surface area contributed by atoms with Gasteiger partial charge in [0, 0.05) is 23.8 Å². The number of hydrogen-bond donors (Lipinski definition) is 0. The molecular formula is C19H20O6. The average molecular weight is 344 g/mol. The van der Waals surface area contributed by atoms with Crippen LogP contribution in [0.5, 0.6) is 0 Å². The predicted octanol–water partition coefficient (Wildman–Crippen LogP) is 2.59. The van der Waals surface area contributed by atoms with Crippen LogP contribution in [0.4, 0.5) is 0 Å². The molecule has 2 atom stereocenters. The van der Waals surface area contributed by atoms with E-state index in [-0.39, 0.29) is 18.9 Å². The van der Waals surface area contributed by atoms with Crippen molar-refractivity contribution in [2.75, 3.05) is 0 Å². The van der Waals surface area contributed by atoms with Crippen molar-refractivity contribution in [3.05, 3.63) is 45.3 Å². The topological polar surface area (TPSA) is 82.8 Å². The van der Waals surface area contributed by atoms with Gasteiger partial charge in [-0.15, -0.1) is 0 Å². The molecule has 1 aliphatic rings. The third-order valence-corrected chi connectivity index (χ3v) is 4.42. The van der Waals surface area contributed by atoms with Gasteiger partial charge in [0.1, 0.15) is 11.7 Å². The Morgan fingerprint density at radius 3 is 2.72 bits per heavy atom. The molecule has 1 aromatic heterocycles. The summed E-state index contributed by atoms with van der Waals surface area (Å²) >= 11 is 0. The molecule has 6 heteroatoms. The largest absolute Gasteiger partial charge is 0.460 e. The van der Waals surface area contributed by atoms with Crippen LogP contribution < -0.4 is 5.63 Å². The first-order valence-corrected chi connectivity index (χ1v) is 8.28. The summed E-state index contributed by atoms with van der Waals surface area (Å²) in [5.74, 6) is -1.04. The number of benzene rings is 1. The molecule has 0 unspecified atom stereocenters. The first-order chi connectivity index (χ1) is 11.8. The molecular weight excluding hydrogens is 324 g/mol. The third-order valence-electron chi connectivity index (χ3n) is 4.42. The Balaban J connectivity index is 1.73. The molecule has 0 bridgehead atoms. The lowest BCUT2D eigenvalue weighted by atomic mass is 10.0. The Morgan fingerprint density at radius 1 is 1.28 bits per heavy atom. The molecule has 0 radical (unpaired) electrons. The summed E-state index contributed by atoms with van der Waals surface area (Å²) in [5, 5.41) is 0.849. The number of carbonyl (C=O) groups is 2. The number of cyclic esters (lactones) is 1. The molecule has 1 aromatic carbocycles. The van der Waals surface area contributed by atoms with Gasteiger partial charge in [0.05, 0.1) is 0 Å². The van der Waals surface area contributed by atoms with Crippen LogP contribution in [0.1, 0.15) is 36.5 Å². The van der Waals surface area contributed by atoms with Gasteiger partial charge in [0.2, 0.25) is 6.10 Å². The molecule has 132 valence electrons. The molecule has 6 nitrogen and oxygen atoms in total. The van der Waals surface area contributed by atoms with Crippen LogP contribution in [-0.4, -0.2) is 24.1 Å². The van der Waals surface area contributed by atoms with Gasteiger partial charge in [-0.2, -0.15) is 0 Å². The van der Waals surface area contributed by atoms with Gasteiger partial charge in [-0.25, -0.2) is 9.59 Å². The van der Waals surface area contributed by atoms with Gasteiger partial charge >= 0.3 is 17.6 Å². The van der Waals surface area contributed by atoms with E-state index in [1.54, 1.807) is 6.92 Å². The summed E-state index contributed by atoms with van der Waals surface area (Å²) in [6, 6.07) is 5.66. The fourth-order valence-corrected chi connectivity index (χ4v) is 3.05. The van der Waals surface area contributed by atoms with Crippen LogP contribution in [0.3, 0.4) is 0 Å². The van der Waals surface area contributed by atoms with Gasteiger partial charge in [-0.3, -0.25) is 4.79 Å². The predicted molar refractivity (Wildman–Crippen MR) is 90.3 cm³/mol. The van der Waals surface area contributed by atoms with Crippen LogP contribution in [0.15, 0.2) is 27.4 Å². The van der Waals surface area contributed by atoms with Crippen molar-refractivity contribution in [1.29, 1.82) is 0 Å². The van der Waals surface area contributed by atoms with Gasteiger partial charge in [0.25, 0.3) is 0 Å². The number of esters is 2. The summed E-state index contributed by atoms with van der Waals surface area (Å²) in [5.41, 5.74) is 2.35. The van der Waals surface area contributed by atoms with Crippen molar-refractivity contribution in [1.82, 2.24) is 0 Å². The first-order valence-electron chi connectivity index (χ1n) is 8.28. The van der Waals surface area contributed by atoms with Crippen molar-refractivity contribution in [3.8, 4) is 0 Å². The summed E-state index contributed by atoms with van der Waals surface area (Å²) in [6.07, 6.45) is -0.529. The second-order valence-corrected chi connectivity index (χ2v) is 6.45. The maximum Gasteiger partial charge on any atom is 0.347 e. The Morgan fingerprint density at radius 2 is 2.04 bits per heavy atom. The van der Waals surface area contributed by atoms with E-state index in [2.05, 4.69) is 0 Å². The quantitative estimate of drug-likeness (QED) is 0.626. The molecule has 0 saturated carbocycles. The fourth-order valence-electron chi connectivity index (χ4n) is 3.05. The van der Waals surface area contributed by atoms with Gasteiger partial charge in [0.15, 0.2) is 0 Å². The molecule has 2 aromatic rings. The van der Waals surface area contributed by atoms with E-state index in [0.29, 0.717) is 17.6 Å². The molecule has 3 rings (SSSR count). The summed E-state index contributed by atoms with van der Waals surface area (Å²) in [6.45, 7) is 5.51. The molecule has 1 aliphatic heterocycles. The van der Waals surface area contributed by atoms with Crippen LogP contribution in [0.25, 0.3) is 11.0 Å². The van der Waals surface area contributed by atoms with Crippen molar-refractivity contribution < 1.29 is 23.5 Å². The van der Waals surface area contributed by atoms with Gasteiger partial charge in [-0.05, 0) is 44.4 Å². The molecule has 1 fully saturated rings. The minimum Gasteiger partial charge on any atom is -0.460 e.